The quantitative estimate of drug-likeness (QED) is 0.364. The molecule has 5 rings (SSSR count). The second-order valence-corrected chi connectivity index (χ2v) is 10.7. The second-order valence-electron chi connectivity index (χ2n) is 10.3. The number of benzene rings is 1. The summed E-state index contributed by atoms with van der Waals surface area (Å²) in [5.41, 5.74) is 11.3. The lowest BCUT2D eigenvalue weighted by Gasteiger charge is -2.23. The van der Waals surface area contributed by atoms with Crippen LogP contribution in [-0.4, -0.2) is 27.6 Å². The van der Waals surface area contributed by atoms with E-state index in [-0.39, 0.29) is 11.5 Å². The summed E-state index contributed by atoms with van der Waals surface area (Å²) in [7, 11) is 0. The minimum absolute atomic E-state index is 0.0361. The van der Waals surface area contributed by atoms with Crippen molar-refractivity contribution in [3.8, 4) is 6.07 Å². The molecule has 0 saturated heterocycles. The summed E-state index contributed by atoms with van der Waals surface area (Å²) < 4.78 is 0. The van der Waals surface area contributed by atoms with Gasteiger partial charge in [0.15, 0.2) is 0 Å². The lowest BCUT2D eigenvalue weighted by molar-refractivity contribution is 0.260. The molecule has 1 aliphatic carbocycles. The highest BCUT2D eigenvalue weighted by atomic mass is 35.5. The molecule has 0 amide bonds. The molecule has 1 fully saturated rings. The molecule has 180 valence electrons. The van der Waals surface area contributed by atoms with Crippen LogP contribution in [0, 0.1) is 16.7 Å². The molecule has 2 aliphatic rings. The zero-order valence-corrected chi connectivity index (χ0v) is 20.8. The van der Waals surface area contributed by atoms with Crippen LogP contribution < -0.4 is 21.6 Å². The molecule has 8 nitrogen and oxygen atoms in total. The van der Waals surface area contributed by atoms with E-state index in [4.69, 9.17) is 11.6 Å². The van der Waals surface area contributed by atoms with Crippen LogP contribution in [-0.2, 0) is 0 Å². The molecule has 9 heteroatoms. The van der Waals surface area contributed by atoms with E-state index < -0.39 is 0 Å². The molecule has 1 aliphatic heterocycles. The standard InChI is InChI=1S/C26H29ClN8/c1-26(2,3)15-31-23-17(11-28)13-30-25-20(23)9-18(10-21(25)27)32-24(16-5-4-8-29-12-16)22-14-35(34-33-22)19-6-7-19/h4-5,8-10,12-14,19,24,32-34H,6-7,15H2,1-3H3,(H,30,31). The van der Waals surface area contributed by atoms with E-state index in [2.05, 4.69) is 69.6 Å². The van der Waals surface area contributed by atoms with E-state index >= 15 is 0 Å². The average Bonchev–Trinajstić information content (AvgIpc) is 3.58. The summed E-state index contributed by atoms with van der Waals surface area (Å²) in [5.74, 6) is 0. The Kier molecular flexibility index (Phi) is 6.13. The van der Waals surface area contributed by atoms with E-state index in [9.17, 15) is 5.26 Å². The van der Waals surface area contributed by atoms with Gasteiger partial charge >= 0.3 is 0 Å². The Labute approximate surface area is 210 Å². The fourth-order valence-corrected chi connectivity index (χ4v) is 4.33. The first kappa shape index (κ1) is 23.2. The van der Waals surface area contributed by atoms with Gasteiger partial charge in [-0.05, 0) is 42.0 Å². The average molecular weight is 489 g/mol. The van der Waals surface area contributed by atoms with Crippen LogP contribution in [0.15, 0.2) is 54.8 Å². The topological polar surface area (TPSA) is 101 Å². The maximum Gasteiger partial charge on any atom is 0.103 e. The summed E-state index contributed by atoms with van der Waals surface area (Å²) in [6.45, 7) is 7.15. The fourth-order valence-electron chi connectivity index (χ4n) is 4.07. The minimum Gasteiger partial charge on any atom is -0.383 e. The minimum atomic E-state index is -0.188. The molecule has 1 atom stereocenters. The number of aromatic nitrogens is 2. The van der Waals surface area contributed by atoms with E-state index in [0.717, 1.165) is 28.0 Å². The van der Waals surface area contributed by atoms with Crippen molar-refractivity contribution in [3.63, 3.8) is 0 Å². The number of rotatable bonds is 7. The predicted octanol–water partition coefficient (Wildman–Crippen LogP) is 5.09. The van der Waals surface area contributed by atoms with Crippen molar-refractivity contribution in [2.24, 2.45) is 5.41 Å². The van der Waals surface area contributed by atoms with Gasteiger partial charge in [-0.25, -0.2) is 0 Å². The zero-order chi connectivity index (χ0) is 24.6. The van der Waals surface area contributed by atoms with Crippen molar-refractivity contribution in [2.75, 3.05) is 17.2 Å². The number of hydrogen-bond acceptors (Lipinski definition) is 8. The Balaban J connectivity index is 1.54. The number of anilines is 2. The van der Waals surface area contributed by atoms with Gasteiger partial charge in [0.1, 0.15) is 6.07 Å². The number of nitrogens with one attached hydrogen (secondary N) is 4. The lowest BCUT2D eigenvalue weighted by atomic mass is 9.96. The number of hydrazine groups is 2. The summed E-state index contributed by atoms with van der Waals surface area (Å²) in [5, 5.41) is 20.3. The monoisotopic (exact) mass is 488 g/mol. The van der Waals surface area contributed by atoms with Gasteiger partial charge in [0, 0.05) is 48.5 Å². The molecule has 0 bridgehead atoms. The Morgan fingerprint density at radius 1 is 1.29 bits per heavy atom. The van der Waals surface area contributed by atoms with Crippen molar-refractivity contribution in [2.45, 2.75) is 45.7 Å². The lowest BCUT2D eigenvalue weighted by Crippen LogP contribution is -2.38. The van der Waals surface area contributed by atoms with E-state index in [1.807, 2.05) is 30.5 Å². The number of pyridine rings is 2. The SMILES string of the molecule is CC(C)(C)CNc1c(C#N)cnc2c(Cl)cc(NC(C3=CN(C4CC4)NN3)c3cccnc3)cc12. The first-order valence-corrected chi connectivity index (χ1v) is 12.1. The molecule has 2 aromatic heterocycles. The molecule has 1 unspecified atom stereocenters. The first-order chi connectivity index (χ1) is 16.8. The highest BCUT2D eigenvalue weighted by molar-refractivity contribution is 6.35. The Hall–Kier alpha value is -3.54. The van der Waals surface area contributed by atoms with Crippen LogP contribution in [0.1, 0.15) is 50.8 Å². The maximum absolute atomic E-state index is 9.75. The third-order valence-corrected chi connectivity index (χ3v) is 6.32. The molecule has 35 heavy (non-hydrogen) atoms. The zero-order valence-electron chi connectivity index (χ0n) is 20.1. The molecule has 4 N–H and O–H groups in total. The third kappa shape index (κ3) is 5.11. The predicted molar refractivity (Wildman–Crippen MR) is 139 cm³/mol. The van der Waals surface area contributed by atoms with E-state index in [0.29, 0.717) is 28.7 Å². The summed E-state index contributed by atoms with van der Waals surface area (Å²) in [4.78, 5) is 8.80. The normalized spacial score (nSPS) is 16.4. The van der Waals surface area contributed by atoms with Crippen LogP contribution in [0.2, 0.25) is 5.02 Å². The van der Waals surface area contributed by atoms with Gasteiger partial charge in [-0.15, -0.1) is 5.53 Å². The van der Waals surface area contributed by atoms with Gasteiger partial charge in [0.05, 0.1) is 33.5 Å². The van der Waals surface area contributed by atoms with Crippen molar-refractivity contribution >= 4 is 33.9 Å². The molecular formula is C26H29ClN8. The highest BCUT2D eigenvalue weighted by Crippen LogP contribution is 2.36. The molecule has 3 heterocycles. The van der Waals surface area contributed by atoms with Crippen molar-refractivity contribution in [1.29, 1.82) is 5.26 Å². The second kappa shape index (κ2) is 9.25. The van der Waals surface area contributed by atoms with Crippen molar-refractivity contribution in [3.05, 3.63) is 70.9 Å². The molecule has 0 radical (unpaired) electrons. The van der Waals surface area contributed by atoms with E-state index in [1.165, 1.54) is 12.8 Å². The number of fused-ring (bicyclic) bond motifs is 1. The van der Waals surface area contributed by atoms with E-state index in [1.54, 1.807) is 12.4 Å². The Morgan fingerprint density at radius 3 is 2.80 bits per heavy atom. The number of nitrogens with zero attached hydrogens (tertiary/aromatic N) is 4. The third-order valence-electron chi connectivity index (χ3n) is 6.03. The number of halogens is 1. The van der Waals surface area contributed by atoms with Crippen LogP contribution in [0.4, 0.5) is 11.4 Å². The molecule has 1 aromatic carbocycles. The number of hydrogen-bond donors (Lipinski definition) is 4. The van der Waals surface area contributed by atoms with Gasteiger partial charge < -0.3 is 16.1 Å². The molecular weight excluding hydrogens is 460 g/mol. The fraction of sp³-hybridized carbons (Fsp3) is 0.346. The molecule has 1 saturated carbocycles. The summed E-state index contributed by atoms with van der Waals surface area (Å²) in [6, 6.07) is 10.5. The summed E-state index contributed by atoms with van der Waals surface area (Å²) >= 11 is 6.71. The van der Waals surface area contributed by atoms with Crippen molar-refractivity contribution in [1.82, 2.24) is 25.9 Å². The van der Waals surface area contributed by atoms with Crippen LogP contribution >= 0.6 is 11.6 Å². The van der Waals surface area contributed by atoms with Crippen LogP contribution in [0.25, 0.3) is 10.9 Å². The van der Waals surface area contributed by atoms with Gasteiger partial charge in [0.2, 0.25) is 0 Å². The van der Waals surface area contributed by atoms with Gasteiger partial charge in [0.25, 0.3) is 0 Å². The van der Waals surface area contributed by atoms with Gasteiger partial charge in [-0.3, -0.25) is 15.0 Å². The largest absolute Gasteiger partial charge is 0.383 e. The summed E-state index contributed by atoms with van der Waals surface area (Å²) in [6.07, 6.45) is 9.67. The van der Waals surface area contributed by atoms with Crippen molar-refractivity contribution < 1.29 is 0 Å². The van der Waals surface area contributed by atoms with Gasteiger partial charge in [-0.2, -0.15) is 5.26 Å². The number of nitriles is 1. The Morgan fingerprint density at radius 2 is 2.11 bits per heavy atom. The van der Waals surface area contributed by atoms with Gasteiger partial charge in [-0.1, -0.05) is 38.4 Å². The Bertz CT molecular complexity index is 1300. The van der Waals surface area contributed by atoms with Crippen LogP contribution in [0.5, 0.6) is 0 Å². The first-order valence-electron chi connectivity index (χ1n) is 11.8. The smallest absolute Gasteiger partial charge is 0.103 e. The maximum atomic E-state index is 9.75. The molecule has 0 spiro atoms. The molecule has 3 aromatic rings. The van der Waals surface area contributed by atoms with Crippen LogP contribution in [0.3, 0.4) is 0 Å². The highest BCUT2D eigenvalue weighted by Gasteiger charge is 2.32.